The van der Waals surface area contributed by atoms with Gasteiger partial charge in [-0.15, -0.1) is 0 Å². The van der Waals surface area contributed by atoms with Gasteiger partial charge in [0.15, 0.2) is 0 Å². The Balaban J connectivity index is 2.56. The summed E-state index contributed by atoms with van der Waals surface area (Å²) < 4.78 is 0. The highest BCUT2D eigenvalue weighted by Gasteiger charge is 2.38. The molecular formula is C9H18N2O. The van der Waals surface area contributed by atoms with Gasteiger partial charge < -0.3 is 10.6 Å². The zero-order valence-corrected chi connectivity index (χ0v) is 8.13. The van der Waals surface area contributed by atoms with E-state index in [9.17, 15) is 4.79 Å². The third kappa shape index (κ3) is 1.78. The standard InChI is InChI=1S/C9H18N2O/c1-7(10)6-11-5-4-9(2,3)8(11)12/h7H,4-6,10H2,1-3H3. The summed E-state index contributed by atoms with van der Waals surface area (Å²) in [5.41, 5.74) is 5.47. The monoisotopic (exact) mass is 170 g/mol. The minimum Gasteiger partial charge on any atom is -0.341 e. The van der Waals surface area contributed by atoms with Gasteiger partial charge in [-0.05, 0) is 13.3 Å². The van der Waals surface area contributed by atoms with Gasteiger partial charge in [-0.2, -0.15) is 0 Å². The fourth-order valence-electron chi connectivity index (χ4n) is 1.57. The molecule has 3 nitrogen and oxygen atoms in total. The molecular weight excluding hydrogens is 152 g/mol. The lowest BCUT2D eigenvalue weighted by atomic mass is 9.92. The Morgan fingerprint density at radius 1 is 1.67 bits per heavy atom. The highest BCUT2D eigenvalue weighted by molar-refractivity contribution is 5.84. The molecule has 0 bridgehead atoms. The van der Waals surface area contributed by atoms with Crippen LogP contribution in [0.5, 0.6) is 0 Å². The highest BCUT2D eigenvalue weighted by Crippen LogP contribution is 2.30. The van der Waals surface area contributed by atoms with Crippen molar-refractivity contribution in [2.45, 2.75) is 33.2 Å². The first-order valence-electron chi connectivity index (χ1n) is 4.48. The van der Waals surface area contributed by atoms with Crippen LogP contribution >= 0.6 is 0 Å². The van der Waals surface area contributed by atoms with Crippen LogP contribution < -0.4 is 5.73 Å². The number of carbonyl (C=O) groups excluding carboxylic acids is 1. The molecule has 0 aliphatic carbocycles. The molecule has 0 saturated carbocycles. The van der Waals surface area contributed by atoms with Crippen molar-refractivity contribution >= 4 is 5.91 Å². The quantitative estimate of drug-likeness (QED) is 0.659. The van der Waals surface area contributed by atoms with Crippen LogP contribution in [-0.2, 0) is 4.79 Å². The Labute approximate surface area is 73.9 Å². The largest absolute Gasteiger partial charge is 0.341 e. The number of amides is 1. The zero-order chi connectivity index (χ0) is 9.35. The van der Waals surface area contributed by atoms with Crippen molar-refractivity contribution in [3.05, 3.63) is 0 Å². The average molecular weight is 170 g/mol. The molecule has 1 rings (SSSR count). The topological polar surface area (TPSA) is 46.3 Å². The minimum atomic E-state index is -0.158. The first-order valence-corrected chi connectivity index (χ1v) is 4.48. The zero-order valence-electron chi connectivity index (χ0n) is 8.13. The van der Waals surface area contributed by atoms with Gasteiger partial charge in [0.05, 0.1) is 0 Å². The maximum Gasteiger partial charge on any atom is 0.228 e. The first-order chi connectivity index (χ1) is 5.43. The third-order valence-electron chi connectivity index (χ3n) is 2.38. The fraction of sp³-hybridized carbons (Fsp3) is 0.889. The van der Waals surface area contributed by atoms with Crippen LogP contribution in [-0.4, -0.2) is 29.9 Å². The van der Waals surface area contributed by atoms with E-state index in [4.69, 9.17) is 5.73 Å². The summed E-state index contributed by atoms with van der Waals surface area (Å²) in [7, 11) is 0. The molecule has 0 radical (unpaired) electrons. The lowest BCUT2D eigenvalue weighted by Crippen LogP contribution is -2.38. The summed E-state index contributed by atoms with van der Waals surface area (Å²) in [5, 5.41) is 0. The van der Waals surface area contributed by atoms with E-state index < -0.39 is 0 Å². The molecule has 1 heterocycles. The predicted octanol–water partition coefficient (Wildman–Crippen LogP) is 0.592. The molecule has 1 saturated heterocycles. The SMILES string of the molecule is CC(N)CN1CCC(C)(C)C1=O. The van der Waals surface area contributed by atoms with Gasteiger partial charge in [0.2, 0.25) is 5.91 Å². The van der Waals surface area contributed by atoms with Crippen LogP contribution in [0.1, 0.15) is 27.2 Å². The number of likely N-dealkylation sites (tertiary alicyclic amines) is 1. The number of hydrogen-bond acceptors (Lipinski definition) is 2. The fourth-order valence-corrected chi connectivity index (χ4v) is 1.57. The molecule has 70 valence electrons. The number of hydrogen-bond donors (Lipinski definition) is 1. The smallest absolute Gasteiger partial charge is 0.228 e. The average Bonchev–Trinajstić information content (AvgIpc) is 2.15. The molecule has 1 aliphatic heterocycles. The first kappa shape index (κ1) is 9.52. The predicted molar refractivity (Wildman–Crippen MR) is 48.6 cm³/mol. The van der Waals surface area contributed by atoms with E-state index in [-0.39, 0.29) is 17.4 Å². The molecule has 3 heteroatoms. The van der Waals surface area contributed by atoms with Gasteiger partial charge in [0.1, 0.15) is 0 Å². The Bertz CT molecular complexity index is 187. The molecule has 0 spiro atoms. The summed E-state index contributed by atoms with van der Waals surface area (Å²) >= 11 is 0. The third-order valence-corrected chi connectivity index (χ3v) is 2.38. The van der Waals surface area contributed by atoms with Gasteiger partial charge in [0.25, 0.3) is 0 Å². The Kier molecular flexibility index (Phi) is 2.42. The lowest BCUT2D eigenvalue weighted by Gasteiger charge is -2.20. The van der Waals surface area contributed by atoms with Crippen molar-refractivity contribution < 1.29 is 4.79 Å². The van der Waals surface area contributed by atoms with E-state index in [2.05, 4.69) is 0 Å². The maximum absolute atomic E-state index is 11.6. The van der Waals surface area contributed by atoms with Gasteiger partial charge >= 0.3 is 0 Å². The number of carbonyl (C=O) groups is 1. The molecule has 12 heavy (non-hydrogen) atoms. The molecule has 0 aromatic rings. The second kappa shape index (κ2) is 3.05. The summed E-state index contributed by atoms with van der Waals surface area (Å²) in [6, 6.07) is 0.0860. The number of nitrogens with two attached hydrogens (primary N) is 1. The van der Waals surface area contributed by atoms with Crippen molar-refractivity contribution in [1.82, 2.24) is 4.90 Å². The van der Waals surface area contributed by atoms with Gasteiger partial charge in [-0.3, -0.25) is 4.79 Å². The molecule has 0 aromatic heterocycles. The van der Waals surface area contributed by atoms with Crippen molar-refractivity contribution in [2.75, 3.05) is 13.1 Å². The van der Waals surface area contributed by atoms with Crippen molar-refractivity contribution in [3.63, 3.8) is 0 Å². The van der Waals surface area contributed by atoms with Crippen LogP contribution in [0, 0.1) is 5.41 Å². The van der Waals surface area contributed by atoms with Crippen LogP contribution in [0.15, 0.2) is 0 Å². The van der Waals surface area contributed by atoms with Gasteiger partial charge in [-0.1, -0.05) is 13.8 Å². The summed E-state index contributed by atoms with van der Waals surface area (Å²) in [5.74, 6) is 0.250. The van der Waals surface area contributed by atoms with E-state index >= 15 is 0 Å². The molecule has 1 fully saturated rings. The summed E-state index contributed by atoms with van der Waals surface area (Å²) in [4.78, 5) is 13.5. The molecule has 1 unspecified atom stereocenters. The Morgan fingerprint density at radius 2 is 2.25 bits per heavy atom. The second-order valence-electron chi connectivity index (χ2n) is 4.36. The lowest BCUT2D eigenvalue weighted by molar-refractivity contribution is -0.134. The normalized spacial score (nSPS) is 24.7. The van der Waals surface area contributed by atoms with Crippen LogP contribution in [0.25, 0.3) is 0 Å². The maximum atomic E-state index is 11.6. The second-order valence-corrected chi connectivity index (χ2v) is 4.36. The molecule has 1 atom stereocenters. The van der Waals surface area contributed by atoms with E-state index in [1.807, 2.05) is 25.7 Å². The highest BCUT2D eigenvalue weighted by atomic mass is 16.2. The van der Waals surface area contributed by atoms with Crippen molar-refractivity contribution in [2.24, 2.45) is 11.1 Å². The van der Waals surface area contributed by atoms with Gasteiger partial charge in [-0.25, -0.2) is 0 Å². The molecule has 1 aliphatic rings. The molecule has 0 aromatic carbocycles. The van der Waals surface area contributed by atoms with Gasteiger partial charge in [0, 0.05) is 24.5 Å². The number of nitrogens with zero attached hydrogens (tertiary/aromatic N) is 1. The molecule has 2 N–H and O–H groups in total. The summed E-state index contributed by atoms with van der Waals surface area (Å²) in [6.07, 6.45) is 0.957. The summed E-state index contributed by atoms with van der Waals surface area (Å²) in [6.45, 7) is 7.49. The van der Waals surface area contributed by atoms with Crippen molar-refractivity contribution in [1.29, 1.82) is 0 Å². The van der Waals surface area contributed by atoms with E-state index in [1.54, 1.807) is 0 Å². The van der Waals surface area contributed by atoms with Crippen LogP contribution in [0.3, 0.4) is 0 Å². The minimum absolute atomic E-state index is 0.0860. The Hall–Kier alpha value is -0.570. The number of rotatable bonds is 2. The van der Waals surface area contributed by atoms with Crippen molar-refractivity contribution in [3.8, 4) is 0 Å². The van der Waals surface area contributed by atoms with Crippen LogP contribution in [0.2, 0.25) is 0 Å². The van der Waals surface area contributed by atoms with Crippen LogP contribution in [0.4, 0.5) is 0 Å². The Morgan fingerprint density at radius 3 is 2.58 bits per heavy atom. The van der Waals surface area contributed by atoms with E-state index in [0.717, 1.165) is 13.0 Å². The van der Waals surface area contributed by atoms with E-state index in [1.165, 1.54) is 0 Å². The molecule has 1 amide bonds. The van der Waals surface area contributed by atoms with E-state index in [0.29, 0.717) is 6.54 Å².